The van der Waals surface area contributed by atoms with E-state index in [2.05, 4.69) is 30.9 Å². The van der Waals surface area contributed by atoms with Gasteiger partial charge >= 0.3 is 0 Å². The third-order valence-electron chi connectivity index (χ3n) is 1.52. The molecular formula is C6H5BrN4O. The summed E-state index contributed by atoms with van der Waals surface area (Å²) in [4.78, 5) is 11.8. The Morgan fingerprint density at radius 2 is 2.25 bits per heavy atom. The van der Waals surface area contributed by atoms with E-state index in [0.717, 1.165) is 10.4 Å². The summed E-state index contributed by atoms with van der Waals surface area (Å²) in [5.41, 5.74) is 1.39. The molecule has 5 nitrogen and oxygen atoms in total. The van der Waals surface area contributed by atoms with Gasteiger partial charge in [-0.15, -0.1) is 0 Å². The first-order valence-corrected chi connectivity index (χ1v) is 4.37. The van der Waals surface area contributed by atoms with Crippen molar-refractivity contribution in [2.75, 3.05) is 0 Å². The fourth-order valence-corrected chi connectivity index (χ4v) is 1.38. The van der Waals surface area contributed by atoms with Gasteiger partial charge in [0.25, 0.3) is 0 Å². The lowest BCUT2D eigenvalue weighted by Crippen LogP contribution is -2.04. The van der Waals surface area contributed by atoms with Crippen LogP contribution >= 0.6 is 15.9 Å². The van der Waals surface area contributed by atoms with Crippen molar-refractivity contribution in [2.24, 2.45) is 0 Å². The van der Waals surface area contributed by atoms with Crippen molar-refractivity contribution in [3.8, 4) is 11.5 Å². The van der Waals surface area contributed by atoms with Gasteiger partial charge in [-0.1, -0.05) is 15.9 Å². The van der Waals surface area contributed by atoms with Gasteiger partial charge in [-0.3, -0.25) is 0 Å². The molecule has 0 aromatic carbocycles. The molecule has 0 bridgehead atoms. The summed E-state index contributed by atoms with van der Waals surface area (Å²) in [7, 11) is 0. The molecule has 0 spiro atoms. The molecule has 0 aromatic heterocycles. The largest absolute Gasteiger partial charge is 0.425 e. The van der Waals surface area contributed by atoms with Crippen molar-refractivity contribution in [3.63, 3.8) is 0 Å². The Bertz CT molecular complexity index is 374. The first-order valence-electron chi connectivity index (χ1n) is 3.25. The Morgan fingerprint density at radius 1 is 1.42 bits per heavy atom. The summed E-state index contributed by atoms with van der Waals surface area (Å²) < 4.78 is 0.856. The van der Waals surface area contributed by atoms with Gasteiger partial charge in [-0.2, -0.15) is 4.73 Å². The monoisotopic (exact) mass is 228 g/mol. The van der Waals surface area contributed by atoms with Crippen LogP contribution in [0.3, 0.4) is 0 Å². The Hall–Kier alpha value is -1.17. The van der Waals surface area contributed by atoms with Crippen molar-refractivity contribution in [1.82, 2.24) is 19.7 Å². The zero-order valence-corrected chi connectivity index (χ0v) is 7.56. The molecule has 6 heteroatoms. The van der Waals surface area contributed by atoms with Crippen LogP contribution in [-0.2, 0) is 5.33 Å². The van der Waals surface area contributed by atoms with E-state index in [1.54, 1.807) is 0 Å². The number of hydrogen-bond donors (Lipinski definition) is 1. The molecule has 2 aliphatic rings. The van der Waals surface area contributed by atoms with E-state index in [9.17, 15) is 5.21 Å². The Morgan fingerprint density at radius 3 is 3.00 bits per heavy atom. The van der Waals surface area contributed by atoms with Gasteiger partial charge < -0.3 is 5.21 Å². The normalized spacial score (nSPS) is 10.8. The van der Waals surface area contributed by atoms with Gasteiger partial charge in [0.15, 0.2) is 5.82 Å². The highest BCUT2D eigenvalue weighted by Crippen LogP contribution is 2.19. The quantitative estimate of drug-likeness (QED) is 0.583. The van der Waals surface area contributed by atoms with Crippen LogP contribution in [0, 0.1) is 0 Å². The van der Waals surface area contributed by atoms with E-state index in [1.165, 1.54) is 12.7 Å². The second-order valence-electron chi connectivity index (χ2n) is 2.22. The molecule has 0 unspecified atom stereocenters. The molecule has 1 N–H and O–H groups in total. The molecule has 0 saturated carbocycles. The number of imidazole rings is 1. The minimum Gasteiger partial charge on any atom is -0.425 e. The van der Waals surface area contributed by atoms with Crippen LogP contribution in [0.15, 0.2) is 12.7 Å². The predicted molar refractivity (Wildman–Crippen MR) is 44.3 cm³/mol. The zero-order chi connectivity index (χ0) is 8.55. The van der Waals surface area contributed by atoms with E-state index in [4.69, 9.17) is 0 Å². The van der Waals surface area contributed by atoms with E-state index in [-0.39, 0.29) is 0 Å². The smallest absolute Gasteiger partial charge is 0.199 e. The van der Waals surface area contributed by atoms with Crippen molar-refractivity contribution in [1.29, 1.82) is 0 Å². The molecule has 0 amide bonds. The number of aromatic nitrogens is 4. The molecule has 2 heterocycles. The minimum absolute atomic E-state index is 0.430. The third kappa shape index (κ3) is 0.953. The number of alkyl halides is 1. The molecule has 62 valence electrons. The lowest BCUT2D eigenvalue weighted by molar-refractivity contribution is 0.182. The standard InChI is InChI=1S/C6H5BrN4O/c7-1-4-5-6(9-2-8-5)11(12)3-10-4/h2-3,12H,1H2. The lowest BCUT2D eigenvalue weighted by Gasteiger charge is -2.04. The number of rotatable bonds is 1. The average Bonchev–Trinajstić information content (AvgIpc) is 2.54. The first-order chi connectivity index (χ1) is 5.83. The fraction of sp³-hybridized carbons (Fsp3) is 0.167. The van der Waals surface area contributed by atoms with Gasteiger partial charge in [0.05, 0.1) is 5.69 Å². The minimum atomic E-state index is 0.430. The molecule has 2 aliphatic heterocycles. The fourth-order valence-electron chi connectivity index (χ4n) is 0.969. The van der Waals surface area contributed by atoms with Gasteiger partial charge in [-0.05, 0) is 0 Å². The maximum atomic E-state index is 9.22. The van der Waals surface area contributed by atoms with Crippen LogP contribution in [0.25, 0.3) is 11.5 Å². The van der Waals surface area contributed by atoms with Crippen molar-refractivity contribution in [3.05, 3.63) is 18.3 Å². The van der Waals surface area contributed by atoms with E-state index >= 15 is 0 Å². The highest BCUT2D eigenvalue weighted by atomic mass is 79.9. The molecule has 0 fully saturated rings. The predicted octanol–water partition coefficient (Wildman–Crippen LogP) is 0.910. The molecule has 12 heavy (non-hydrogen) atoms. The van der Waals surface area contributed by atoms with Crippen LogP contribution in [0.5, 0.6) is 0 Å². The zero-order valence-electron chi connectivity index (χ0n) is 5.98. The summed E-state index contributed by atoms with van der Waals surface area (Å²) in [6, 6.07) is 0. The van der Waals surface area contributed by atoms with Crippen LogP contribution < -0.4 is 0 Å². The topological polar surface area (TPSA) is 63.8 Å². The summed E-state index contributed by atoms with van der Waals surface area (Å²) in [5.74, 6) is 0.430. The number of nitrogens with zero attached hydrogens (tertiary/aromatic N) is 4. The highest BCUT2D eigenvalue weighted by molar-refractivity contribution is 9.08. The molecule has 0 aromatic rings. The van der Waals surface area contributed by atoms with Crippen LogP contribution in [0.1, 0.15) is 5.69 Å². The number of halogens is 1. The molecule has 0 saturated heterocycles. The van der Waals surface area contributed by atoms with E-state index < -0.39 is 0 Å². The number of hydrogen-bond acceptors (Lipinski definition) is 4. The number of fused-ring (bicyclic) bond motifs is 1. The van der Waals surface area contributed by atoms with Crippen LogP contribution in [-0.4, -0.2) is 24.9 Å². The SMILES string of the molecule is On1cnc(CBr)c2ncnc1-2. The maximum absolute atomic E-state index is 9.22. The van der Waals surface area contributed by atoms with Gasteiger partial charge in [0.1, 0.15) is 18.3 Å². The van der Waals surface area contributed by atoms with Crippen LogP contribution in [0.4, 0.5) is 0 Å². The second-order valence-corrected chi connectivity index (χ2v) is 2.78. The van der Waals surface area contributed by atoms with E-state index in [1.807, 2.05) is 0 Å². The lowest BCUT2D eigenvalue weighted by atomic mass is 10.3. The third-order valence-corrected chi connectivity index (χ3v) is 2.05. The van der Waals surface area contributed by atoms with Gasteiger partial charge in [-0.25, -0.2) is 15.0 Å². The van der Waals surface area contributed by atoms with Gasteiger partial charge in [0, 0.05) is 5.33 Å². The van der Waals surface area contributed by atoms with Gasteiger partial charge in [0.2, 0.25) is 0 Å². The molecular weight excluding hydrogens is 224 g/mol. The Kier molecular flexibility index (Phi) is 1.69. The molecule has 2 rings (SSSR count). The maximum Gasteiger partial charge on any atom is 0.199 e. The summed E-state index contributed by atoms with van der Waals surface area (Å²) >= 11 is 3.27. The van der Waals surface area contributed by atoms with Crippen molar-refractivity contribution in [2.45, 2.75) is 5.33 Å². The summed E-state index contributed by atoms with van der Waals surface area (Å²) in [6.45, 7) is 0. The van der Waals surface area contributed by atoms with E-state index in [0.29, 0.717) is 16.8 Å². The summed E-state index contributed by atoms with van der Waals surface area (Å²) in [5, 5.41) is 9.82. The van der Waals surface area contributed by atoms with Crippen LogP contribution in [0.2, 0.25) is 0 Å². The Labute approximate surface area is 76.5 Å². The molecule has 0 aliphatic carbocycles. The van der Waals surface area contributed by atoms with Crippen molar-refractivity contribution < 1.29 is 5.21 Å². The molecule has 0 radical (unpaired) electrons. The Balaban J connectivity index is 2.71. The first kappa shape index (κ1) is 7.48. The van der Waals surface area contributed by atoms with Crippen molar-refractivity contribution >= 4 is 15.9 Å². The second kappa shape index (κ2) is 2.71. The molecule has 0 atom stereocenters. The average molecular weight is 229 g/mol. The highest BCUT2D eigenvalue weighted by Gasteiger charge is 2.14. The summed E-state index contributed by atoms with van der Waals surface area (Å²) in [6.07, 6.45) is 2.69.